The molecule has 0 amide bonds. The van der Waals surface area contributed by atoms with E-state index in [0.717, 1.165) is 11.3 Å². The van der Waals surface area contributed by atoms with Crippen molar-refractivity contribution in [1.29, 1.82) is 0 Å². The highest BCUT2D eigenvalue weighted by molar-refractivity contribution is 6.30. The predicted molar refractivity (Wildman–Crippen MR) is 114 cm³/mol. The molecule has 0 bridgehead atoms. The Balaban J connectivity index is 1.76. The minimum Gasteiger partial charge on any atom is -0.476 e. The molecule has 0 aliphatic carbocycles. The molecule has 0 saturated heterocycles. The highest BCUT2D eigenvalue weighted by atomic mass is 35.5. The summed E-state index contributed by atoms with van der Waals surface area (Å²) in [5.41, 5.74) is -0.250. The van der Waals surface area contributed by atoms with E-state index < -0.39 is 11.6 Å². The molecular formula is C24H23ClO4. The van der Waals surface area contributed by atoms with E-state index in [9.17, 15) is 4.79 Å². The van der Waals surface area contributed by atoms with Crippen molar-refractivity contribution >= 4 is 17.6 Å². The van der Waals surface area contributed by atoms with E-state index in [2.05, 4.69) is 0 Å². The zero-order valence-electron chi connectivity index (χ0n) is 16.4. The van der Waals surface area contributed by atoms with Crippen LogP contribution in [-0.4, -0.2) is 18.2 Å². The average Bonchev–Trinajstić information content (AvgIpc) is 2.72. The Morgan fingerprint density at radius 3 is 2.07 bits per heavy atom. The minimum absolute atomic E-state index is 0.280. The number of ether oxygens (including phenoxy) is 3. The first-order chi connectivity index (χ1) is 14.0. The first-order valence-electron chi connectivity index (χ1n) is 9.42. The lowest BCUT2D eigenvalue weighted by Crippen LogP contribution is -2.45. The van der Waals surface area contributed by atoms with Gasteiger partial charge >= 0.3 is 5.97 Å². The quantitative estimate of drug-likeness (QED) is 0.422. The summed E-state index contributed by atoms with van der Waals surface area (Å²) < 4.78 is 17.2. The summed E-state index contributed by atoms with van der Waals surface area (Å²) in [6.45, 7) is 3.78. The molecule has 0 spiro atoms. The molecule has 29 heavy (non-hydrogen) atoms. The minimum atomic E-state index is -1.17. The van der Waals surface area contributed by atoms with Crippen LogP contribution in [0.4, 0.5) is 0 Å². The monoisotopic (exact) mass is 410 g/mol. The first kappa shape index (κ1) is 20.7. The van der Waals surface area contributed by atoms with Gasteiger partial charge in [0.1, 0.15) is 17.2 Å². The number of rotatable bonds is 8. The Bertz CT molecular complexity index is 923. The van der Waals surface area contributed by atoms with Crippen molar-refractivity contribution in [3.8, 4) is 17.2 Å². The van der Waals surface area contributed by atoms with E-state index in [4.69, 9.17) is 25.8 Å². The van der Waals surface area contributed by atoms with Crippen molar-refractivity contribution < 1.29 is 19.0 Å². The third-order valence-electron chi connectivity index (χ3n) is 4.31. The Labute approximate surface area is 176 Å². The highest BCUT2D eigenvalue weighted by Gasteiger charge is 2.37. The largest absolute Gasteiger partial charge is 0.476 e. The first-order valence-corrected chi connectivity index (χ1v) is 9.80. The van der Waals surface area contributed by atoms with Crippen molar-refractivity contribution in [3.63, 3.8) is 0 Å². The molecule has 3 rings (SSSR count). The van der Waals surface area contributed by atoms with Crippen LogP contribution in [-0.2, 0) is 16.0 Å². The standard InChI is InChI=1S/C24H23ClO4/c1-3-27-23(26)24(2,17-18-9-11-19(25)12-10-18)29-22-15-13-21(14-16-22)28-20-7-5-4-6-8-20/h4-16H,3,17H2,1-2H3. The molecule has 1 unspecified atom stereocenters. The molecular weight excluding hydrogens is 388 g/mol. The van der Waals surface area contributed by atoms with Gasteiger partial charge in [-0.3, -0.25) is 0 Å². The second-order valence-electron chi connectivity index (χ2n) is 6.74. The van der Waals surface area contributed by atoms with Crippen LogP contribution >= 0.6 is 11.6 Å². The molecule has 0 aliphatic heterocycles. The van der Waals surface area contributed by atoms with Crippen molar-refractivity contribution in [3.05, 3.63) is 89.4 Å². The maximum absolute atomic E-state index is 12.7. The van der Waals surface area contributed by atoms with E-state index in [1.165, 1.54) is 0 Å². The van der Waals surface area contributed by atoms with Gasteiger partial charge in [0.2, 0.25) is 5.60 Å². The molecule has 1 atom stereocenters. The molecule has 150 valence electrons. The van der Waals surface area contributed by atoms with Crippen LogP contribution in [0.1, 0.15) is 19.4 Å². The van der Waals surface area contributed by atoms with E-state index in [-0.39, 0.29) is 6.61 Å². The topological polar surface area (TPSA) is 44.8 Å². The Morgan fingerprint density at radius 1 is 0.862 bits per heavy atom. The van der Waals surface area contributed by atoms with Gasteiger partial charge in [0.15, 0.2) is 0 Å². The van der Waals surface area contributed by atoms with Gasteiger partial charge in [-0.2, -0.15) is 0 Å². The Hall–Kier alpha value is -2.98. The number of para-hydroxylation sites is 1. The van der Waals surface area contributed by atoms with Crippen LogP contribution in [0.15, 0.2) is 78.9 Å². The van der Waals surface area contributed by atoms with E-state index in [0.29, 0.717) is 22.9 Å². The maximum Gasteiger partial charge on any atom is 0.350 e. The summed E-state index contributed by atoms with van der Waals surface area (Å²) in [5.74, 6) is 1.56. The fraction of sp³-hybridized carbons (Fsp3) is 0.208. The van der Waals surface area contributed by atoms with Gasteiger partial charge in [0, 0.05) is 11.4 Å². The van der Waals surface area contributed by atoms with E-state index in [1.807, 2.05) is 42.5 Å². The Morgan fingerprint density at radius 2 is 1.45 bits per heavy atom. The molecule has 0 saturated carbocycles. The van der Waals surface area contributed by atoms with Gasteiger partial charge in [0.05, 0.1) is 6.61 Å². The van der Waals surface area contributed by atoms with Gasteiger partial charge in [-0.15, -0.1) is 0 Å². The normalized spacial score (nSPS) is 12.7. The smallest absolute Gasteiger partial charge is 0.350 e. The van der Waals surface area contributed by atoms with Gasteiger partial charge in [0.25, 0.3) is 0 Å². The predicted octanol–water partition coefficient (Wildman–Crippen LogP) is 6.08. The molecule has 5 heteroatoms. The van der Waals surface area contributed by atoms with Gasteiger partial charge in [-0.1, -0.05) is 41.9 Å². The maximum atomic E-state index is 12.7. The summed E-state index contributed by atoms with van der Waals surface area (Å²) >= 11 is 5.96. The molecule has 0 aliphatic rings. The van der Waals surface area contributed by atoms with Crippen LogP contribution in [0.3, 0.4) is 0 Å². The molecule has 4 nitrogen and oxygen atoms in total. The van der Waals surface area contributed by atoms with Crippen molar-refractivity contribution in [1.82, 2.24) is 0 Å². The summed E-state index contributed by atoms with van der Waals surface area (Å²) in [6.07, 6.45) is 0.352. The number of benzene rings is 3. The molecule has 0 aromatic heterocycles. The van der Waals surface area contributed by atoms with Gasteiger partial charge in [-0.25, -0.2) is 4.79 Å². The second-order valence-corrected chi connectivity index (χ2v) is 7.18. The number of halogens is 1. The van der Waals surface area contributed by atoms with Crippen molar-refractivity contribution in [2.24, 2.45) is 0 Å². The zero-order chi connectivity index (χ0) is 20.7. The fourth-order valence-electron chi connectivity index (χ4n) is 2.89. The summed E-state index contributed by atoms with van der Waals surface area (Å²) in [4.78, 5) is 12.7. The number of esters is 1. The van der Waals surface area contributed by atoms with Crippen molar-refractivity contribution in [2.75, 3.05) is 6.61 Å². The third-order valence-corrected chi connectivity index (χ3v) is 4.56. The van der Waals surface area contributed by atoms with E-state index >= 15 is 0 Å². The Kier molecular flexibility index (Phi) is 6.78. The average molecular weight is 411 g/mol. The summed E-state index contributed by atoms with van der Waals surface area (Å²) in [5, 5.41) is 0.640. The highest BCUT2D eigenvalue weighted by Crippen LogP contribution is 2.28. The van der Waals surface area contributed by atoms with Crippen LogP contribution < -0.4 is 9.47 Å². The van der Waals surface area contributed by atoms with Crippen LogP contribution in [0.5, 0.6) is 17.2 Å². The van der Waals surface area contributed by atoms with Crippen LogP contribution in [0, 0.1) is 0 Å². The number of hydrogen-bond acceptors (Lipinski definition) is 4. The SMILES string of the molecule is CCOC(=O)C(C)(Cc1ccc(Cl)cc1)Oc1ccc(Oc2ccccc2)cc1. The van der Waals surface area contributed by atoms with Crippen molar-refractivity contribution in [2.45, 2.75) is 25.9 Å². The lowest BCUT2D eigenvalue weighted by Gasteiger charge is -2.28. The fourth-order valence-corrected chi connectivity index (χ4v) is 3.01. The third kappa shape index (κ3) is 5.75. The molecule has 3 aromatic rings. The van der Waals surface area contributed by atoms with Gasteiger partial charge in [-0.05, 0) is 67.9 Å². The molecule has 3 aromatic carbocycles. The number of hydrogen-bond donors (Lipinski definition) is 0. The molecule has 0 heterocycles. The zero-order valence-corrected chi connectivity index (χ0v) is 17.2. The number of carbonyl (C=O) groups is 1. The van der Waals surface area contributed by atoms with Crippen LogP contribution in [0.2, 0.25) is 5.02 Å². The summed E-state index contributed by atoms with van der Waals surface area (Å²) in [6, 6.07) is 24.0. The lowest BCUT2D eigenvalue weighted by molar-refractivity contribution is -0.160. The number of carbonyl (C=O) groups excluding carboxylic acids is 1. The molecule has 0 radical (unpaired) electrons. The summed E-state index contributed by atoms with van der Waals surface area (Å²) in [7, 11) is 0. The van der Waals surface area contributed by atoms with E-state index in [1.54, 1.807) is 50.2 Å². The molecule has 0 N–H and O–H groups in total. The van der Waals surface area contributed by atoms with Gasteiger partial charge < -0.3 is 14.2 Å². The van der Waals surface area contributed by atoms with Crippen LogP contribution in [0.25, 0.3) is 0 Å². The second kappa shape index (κ2) is 9.48. The lowest BCUT2D eigenvalue weighted by atomic mass is 9.96. The molecule has 0 fully saturated rings.